The number of aliphatic carboxylic acids is 1. The van der Waals surface area contributed by atoms with E-state index >= 15 is 0 Å². The summed E-state index contributed by atoms with van der Waals surface area (Å²) in [5.74, 6) is -2.31. The van der Waals surface area contributed by atoms with Crippen molar-refractivity contribution in [2.24, 2.45) is 0 Å². The molecule has 0 bridgehead atoms. The first-order valence-corrected chi connectivity index (χ1v) is 4.62. The summed E-state index contributed by atoms with van der Waals surface area (Å²) in [6, 6.07) is 2.50. The lowest BCUT2D eigenvalue weighted by Crippen LogP contribution is -2.04. The molecule has 0 aliphatic carbocycles. The van der Waals surface area contributed by atoms with Crippen molar-refractivity contribution < 1.29 is 19.4 Å². The van der Waals surface area contributed by atoms with Crippen molar-refractivity contribution in [2.75, 3.05) is 0 Å². The standard InChI is InChI=1S/C11H13FO3/c1-6-3-10(13)9(12)5-8(6)7(2)4-11(14)15/h3,5,7,13H,4H2,1-2H3,(H,14,15). The number of aryl methyl sites for hydroxylation is 1. The largest absolute Gasteiger partial charge is 0.505 e. The van der Waals surface area contributed by atoms with E-state index in [9.17, 15) is 9.18 Å². The molecule has 0 radical (unpaired) electrons. The fourth-order valence-corrected chi connectivity index (χ4v) is 1.58. The summed E-state index contributed by atoms with van der Waals surface area (Å²) in [6.07, 6.45) is -0.0505. The Morgan fingerprint density at radius 3 is 2.67 bits per heavy atom. The highest BCUT2D eigenvalue weighted by Crippen LogP contribution is 2.27. The van der Waals surface area contributed by atoms with Gasteiger partial charge in [-0.1, -0.05) is 6.92 Å². The Kier molecular flexibility index (Phi) is 3.29. The van der Waals surface area contributed by atoms with Crippen molar-refractivity contribution in [2.45, 2.75) is 26.2 Å². The minimum absolute atomic E-state index is 0.0505. The first-order chi connectivity index (χ1) is 6.91. The summed E-state index contributed by atoms with van der Waals surface area (Å²) in [4.78, 5) is 10.5. The van der Waals surface area contributed by atoms with E-state index in [1.54, 1.807) is 13.8 Å². The number of benzene rings is 1. The van der Waals surface area contributed by atoms with Gasteiger partial charge in [-0.25, -0.2) is 4.39 Å². The van der Waals surface area contributed by atoms with Gasteiger partial charge in [0, 0.05) is 0 Å². The number of phenols is 1. The molecular weight excluding hydrogens is 199 g/mol. The Morgan fingerprint density at radius 1 is 1.53 bits per heavy atom. The smallest absolute Gasteiger partial charge is 0.303 e. The Morgan fingerprint density at radius 2 is 2.13 bits per heavy atom. The summed E-state index contributed by atoms with van der Waals surface area (Å²) >= 11 is 0. The molecule has 1 atom stereocenters. The molecule has 1 unspecified atom stereocenters. The highest BCUT2D eigenvalue weighted by atomic mass is 19.1. The van der Waals surface area contributed by atoms with E-state index < -0.39 is 17.5 Å². The maximum absolute atomic E-state index is 13.1. The predicted molar refractivity (Wildman–Crippen MR) is 53.5 cm³/mol. The third-order valence-electron chi connectivity index (χ3n) is 2.35. The van der Waals surface area contributed by atoms with Crippen molar-refractivity contribution in [1.82, 2.24) is 0 Å². The summed E-state index contributed by atoms with van der Waals surface area (Å²) < 4.78 is 13.1. The van der Waals surface area contributed by atoms with Crippen LogP contribution in [0.25, 0.3) is 0 Å². The van der Waals surface area contributed by atoms with Crippen molar-refractivity contribution in [3.05, 3.63) is 29.1 Å². The van der Waals surface area contributed by atoms with Crippen molar-refractivity contribution in [3.8, 4) is 5.75 Å². The van der Waals surface area contributed by atoms with E-state index in [1.807, 2.05) is 0 Å². The zero-order valence-electron chi connectivity index (χ0n) is 8.62. The molecular formula is C11H13FO3. The average molecular weight is 212 g/mol. The molecule has 15 heavy (non-hydrogen) atoms. The summed E-state index contributed by atoms with van der Waals surface area (Å²) in [5, 5.41) is 17.7. The van der Waals surface area contributed by atoms with Gasteiger partial charge in [-0.15, -0.1) is 0 Å². The molecule has 3 nitrogen and oxygen atoms in total. The molecule has 4 heteroatoms. The van der Waals surface area contributed by atoms with Crippen molar-refractivity contribution in [1.29, 1.82) is 0 Å². The second-order valence-corrected chi connectivity index (χ2v) is 3.66. The first-order valence-electron chi connectivity index (χ1n) is 4.62. The van der Waals surface area contributed by atoms with Crippen LogP contribution in [0, 0.1) is 12.7 Å². The maximum atomic E-state index is 13.1. The molecule has 0 saturated carbocycles. The number of halogens is 1. The van der Waals surface area contributed by atoms with E-state index in [0.29, 0.717) is 11.1 Å². The van der Waals surface area contributed by atoms with Gasteiger partial charge in [-0.05, 0) is 36.1 Å². The van der Waals surface area contributed by atoms with E-state index in [0.717, 1.165) is 0 Å². The van der Waals surface area contributed by atoms with Crippen LogP contribution in [0.1, 0.15) is 30.4 Å². The number of carboxylic acid groups (broad SMARTS) is 1. The third-order valence-corrected chi connectivity index (χ3v) is 2.35. The van der Waals surface area contributed by atoms with Gasteiger partial charge in [0.05, 0.1) is 6.42 Å². The SMILES string of the molecule is Cc1cc(O)c(F)cc1C(C)CC(=O)O. The van der Waals surface area contributed by atoms with Crippen molar-refractivity contribution in [3.63, 3.8) is 0 Å². The zero-order chi connectivity index (χ0) is 11.6. The molecule has 0 aliphatic heterocycles. The number of carbonyl (C=O) groups is 1. The zero-order valence-corrected chi connectivity index (χ0v) is 8.62. The number of phenolic OH excluding ortho intramolecular Hbond substituents is 1. The fraction of sp³-hybridized carbons (Fsp3) is 0.364. The minimum Gasteiger partial charge on any atom is -0.505 e. The Hall–Kier alpha value is -1.58. The lowest BCUT2D eigenvalue weighted by atomic mass is 9.93. The van der Waals surface area contributed by atoms with Gasteiger partial charge in [0.15, 0.2) is 11.6 Å². The molecule has 1 aromatic carbocycles. The number of carboxylic acids is 1. The molecule has 82 valence electrons. The van der Waals surface area contributed by atoms with Gasteiger partial charge in [0.25, 0.3) is 0 Å². The van der Waals surface area contributed by atoms with Crippen LogP contribution < -0.4 is 0 Å². The topological polar surface area (TPSA) is 57.5 Å². The second kappa shape index (κ2) is 4.29. The van der Waals surface area contributed by atoms with Gasteiger partial charge in [0.2, 0.25) is 0 Å². The van der Waals surface area contributed by atoms with Crippen LogP contribution in [0.5, 0.6) is 5.75 Å². The van der Waals surface area contributed by atoms with Crippen LogP contribution >= 0.6 is 0 Å². The average Bonchev–Trinajstić information content (AvgIpc) is 2.09. The Bertz CT molecular complexity index is 388. The van der Waals surface area contributed by atoms with E-state index in [1.165, 1.54) is 12.1 Å². The minimum atomic E-state index is -0.921. The number of hydrogen-bond acceptors (Lipinski definition) is 2. The Balaban J connectivity index is 3.03. The van der Waals surface area contributed by atoms with Gasteiger partial charge in [-0.2, -0.15) is 0 Å². The van der Waals surface area contributed by atoms with Gasteiger partial charge >= 0.3 is 5.97 Å². The van der Waals surface area contributed by atoms with E-state index in [2.05, 4.69) is 0 Å². The molecule has 1 aromatic rings. The summed E-state index contributed by atoms with van der Waals surface area (Å²) in [6.45, 7) is 3.43. The third kappa shape index (κ3) is 2.68. The molecule has 1 rings (SSSR count). The summed E-state index contributed by atoms with van der Waals surface area (Å²) in [7, 11) is 0. The second-order valence-electron chi connectivity index (χ2n) is 3.66. The molecule has 0 spiro atoms. The van der Waals surface area contributed by atoms with Crippen LogP contribution in [0.3, 0.4) is 0 Å². The van der Waals surface area contributed by atoms with Crippen LogP contribution in [0.2, 0.25) is 0 Å². The van der Waals surface area contributed by atoms with Crippen LogP contribution in [-0.2, 0) is 4.79 Å². The molecule has 0 fully saturated rings. The molecule has 0 saturated heterocycles. The van der Waals surface area contributed by atoms with Crippen LogP contribution in [0.4, 0.5) is 4.39 Å². The van der Waals surface area contributed by atoms with Crippen LogP contribution in [-0.4, -0.2) is 16.2 Å². The van der Waals surface area contributed by atoms with Gasteiger partial charge in [-0.3, -0.25) is 4.79 Å². The number of rotatable bonds is 3. The molecule has 0 amide bonds. The number of aromatic hydroxyl groups is 1. The van der Waals surface area contributed by atoms with E-state index in [4.69, 9.17) is 10.2 Å². The highest BCUT2D eigenvalue weighted by molar-refractivity contribution is 5.68. The maximum Gasteiger partial charge on any atom is 0.303 e. The Labute approximate surface area is 87.2 Å². The molecule has 0 heterocycles. The quantitative estimate of drug-likeness (QED) is 0.808. The summed E-state index contributed by atoms with van der Waals surface area (Å²) in [5.41, 5.74) is 1.32. The molecule has 0 aliphatic rings. The normalized spacial score (nSPS) is 12.5. The lowest BCUT2D eigenvalue weighted by Gasteiger charge is -2.13. The highest BCUT2D eigenvalue weighted by Gasteiger charge is 2.15. The van der Waals surface area contributed by atoms with E-state index in [-0.39, 0.29) is 12.3 Å². The molecule has 2 N–H and O–H groups in total. The van der Waals surface area contributed by atoms with Gasteiger partial charge in [0.1, 0.15) is 0 Å². The lowest BCUT2D eigenvalue weighted by molar-refractivity contribution is -0.137. The first kappa shape index (κ1) is 11.5. The van der Waals surface area contributed by atoms with Gasteiger partial charge < -0.3 is 10.2 Å². The molecule has 0 aromatic heterocycles. The fourth-order valence-electron chi connectivity index (χ4n) is 1.58. The van der Waals surface area contributed by atoms with Crippen LogP contribution in [0.15, 0.2) is 12.1 Å². The monoisotopic (exact) mass is 212 g/mol. The van der Waals surface area contributed by atoms with Crippen molar-refractivity contribution >= 4 is 5.97 Å². The number of hydrogen-bond donors (Lipinski definition) is 2. The predicted octanol–water partition coefficient (Wildman–Crippen LogP) is 2.42.